The van der Waals surface area contributed by atoms with E-state index in [-0.39, 0.29) is 6.61 Å². The number of aliphatic hydroxyl groups is 1. The molecule has 0 spiro atoms. The summed E-state index contributed by atoms with van der Waals surface area (Å²) in [7, 11) is 0. The maximum absolute atomic E-state index is 9.66. The van der Waals surface area contributed by atoms with E-state index in [2.05, 4.69) is 88.9 Å². The van der Waals surface area contributed by atoms with E-state index in [1.807, 2.05) is 6.08 Å². The van der Waals surface area contributed by atoms with Crippen molar-refractivity contribution in [3.05, 3.63) is 94.6 Å². The normalized spacial score (nSPS) is 21.9. The molecule has 0 bridgehead atoms. The first kappa shape index (κ1) is 32.9. The quantitative estimate of drug-likeness (QED) is 0.110. The average Bonchev–Trinajstić information content (AvgIpc) is 3.43. The lowest BCUT2D eigenvalue weighted by Gasteiger charge is -2.24. The van der Waals surface area contributed by atoms with Gasteiger partial charge in [-0.05, 0) is 68.3 Å². The Kier molecular flexibility index (Phi) is 15.6. The van der Waals surface area contributed by atoms with E-state index < -0.39 is 0 Å². The second-order valence-electron chi connectivity index (χ2n) is 11.3. The first-order chi connectivity index (χ1) is 20.1. The van der Waals surface area contributed by atoms with Crippen LogP contribution in [0.2, 0.25) is 0 Å². The number of aliphatic hydroxyl groups excluding tert-OH is 1. The highest BCUT2D eigenvalue weighted by atomic mass is 16.3. The minimum Gasteiger partial charge on any atom is -0.395 e. The van der Waals surface area contributed by atoms with Crippen molar-refractivity contribution < 1.29 is 5.11 Å². The lowest BCUT2D eigenvalue weighted by atomic mass is 10.0. The summed E-state index contributed by atoms with van der Waals surface area (Å²) in [6, 6.07) is 9.40. The molecule has 6 heteroatoms. The Morgan fingerprint density at radius 1 is 1.10 bits per heavy atom. The molecular formula is C35H53N5O. The van der Waals surface area contributed by atoms with Gasteiger partial charge in [0.2, 0.25) is 0 Å². The summed E-state index contributed by atoms with van der Waals surface area (Å²) in [6.07, 6.45) is 21.5. The fourth-order valence-electron chi connectivity index (χ4n) is 5.48. The Labute approximate surface area is 249 Å². The fraction of sp³-hybridized carbons (Fsp3) is 0.514. The third-order valence-electron chi connectivity index (χ3n) is 8.17. The smallest absolute Gasteiger partial charge is 0.0587 e. The highest BCUT2D eigenvalue weighted by molar-refractivity contribution is 5.68. The molecule has 3 rings (SSSR count). The first-order valence-corrected chi connectivity index (χ1v) is 15.6. The minimum absolute atomic E-state index is 0.259. The van der Waals surface area contributed by atoms with Crippen LogP contribution in [0.4, 0.5) is 0 Å². The van der Waals surface area contributed by atoms with Crippen molar-refractivity contribution in [3.8, 4) is 0 Å². The molecule has 0 aromatic heterocycles. The molecule has 0 saturated carbocycles. The van der Waals surface area contributed by atoms with Crippen LogP contribution in [0.25, 0.3) is 0 Å². The monoisotopic (exact) mass is 559 g/mol. The van der Waals surface area contributed by atoms with E-state index >= 15 is 0 Å². The van der Waals surface area contributed by atoms with E-state index in [1.54, 1.807) is 6.08 Å². The zero-order chi connectivity index (χ0) is 29.1. The summed E-state index contributed by atoms with van der Waals surface area (Å²) in [5.74, 6) is 0. The summed E-state index contributed by atoms with van der Waals surface area (Å²) >= 11 is 0. The van der Waals surface area contributed by atoms with Gasteiger partial charge in [-0.2, -0.15) is 0 Å². The van der Waals surface area contributed by atoms with Crippen LogP contribution < -0.4 is 10.6 Å². The second kappa shape index (κ2) is 19.5. The lowest BCUT2D eigenvalue weighted by molar-refractivity contribution is 0.153. The van der Waals surface area contributed by atoms with Gasteiger partial charge in [-0.1, -0.05) is 78.8 Å². The Bertz CT molecular complexity index is 1050. The largest absolute Gasteiger partial charge is 0.395 e. The predicted molar refractivity (Wildman–Crippen MR) is 174 cm³/mol. The van der Waals surface area contributed by atoms with Crippen molar-refractivity contribution in [2.45, 2.75) is 65.1 Å². The minimum atomic E-state index is 0.259. The van der Waals surface area contributed by atoms with Crippen LogP contribution in [0.3, 0.4) is 0 Å². The molecule has 0 amide bonds. The highest BCUT2D eigenvalue weighted by Gasteiger charge is 2.23. The SMILES string of the molecule is CC/C(=C\C=C/C=N)CNCCN(CCNCC1=C(/C)CC/C=C/C=C\1)Cc1ccc(CN2CCC[C@H]2CO)cc1. The lowest BCUT2D eigenvalue weighted by Crippen LogP contribution is -2.37. The molecule has 0 radical (unpaired) electrons. The molecule has 1 fully saturated rings. The average molecular weight is 560 g/mol. The van der Waals surface area contributed by atoms with Crippen LogP contribution in [0.1, 0.15) is 57.1 Å². The molecule has 1 aromatic carbocycles. The van der Waals surface area contributed by atoms with Gasteiger partial charge in [0.05, 0.1) is 6.61 Å². The molecule has 0 unspecified atom stereocenters. The van der Waals surface area contributed by atoms with E-state index in [9.17, 15) is 5.11 Å². The Hall–Kier alpha value is -2.61. The molecule has 224 valence electrons. The molecule has 6 nitrogen and oxygen atoms in total. The zero-order valence-electron chi connectivity index (χ0n) is 25.5. The summed E-state index contributed by atoms with van der Waals surface area (Å²) in [5, 5.41) is 24.1. The van der Waals surface area contributed by atoms with Crippen LogP contribution in [-0.2, 0) is 13.1 Å². The maximum atomic E-state index is 9.66. The summed E-state index contributed by atoms with van der Waals surface area (Å²) in [5.41, 5.74) is 6.90. The molecule has 1 heterocycles. The topological polar surface area (TPSA) is 74.6 Å². The van der Waals surface area contributed by atoms with Crippen molar-refractivity contribution in [3.63, 3.8) is 0 Å². The van der Waals surface area contributed by atoms with Crippen molar-refractivity contribution >= 4 is 6.21 Å². The summed E-state index contributed by atoms with van der Waals surface area (Å²) < 4.78 is 0. The standard InChI is InChI=1S/C35H53N5O/c1-3-31(12-8-9-19-36)25-37-20-23-39(24-21-38-26-34-13-7-5-4-6-11-30(34)2)27-32-15-17-33(18-16-32)28-40-22-10-14-35(40)29-41/h4-5,7-9,12-13,15-19,35-38,41H,3,6,10-11,14,20-29H2,1-2H3/b5-4+,9-8-,13-7-,31-12+,34-30-,36-19?/t35-/m0/s1. The highest BCUT2D eigenvalue weighted by Crippen LogP contribution is 2.20. The van der Waals surface area contributed by atoms with Gasteiger partial charge in [-0.15, -0.1) is 0 Å². The van der Waals surface area contributed by atoms with Gasteiger partial charge in [0.25, 0.3) is 0 Å². The molecule has 4 N–H and O–H groups in total. The molecule has 41 heavy (non-hydrogen) atoms. The Morgan fingerprint density at radius 3 is 2.63 bits per heavy atom. The van der Waals surface area contributed by atoms with E-state index in [1.165, 1.54) is 40.5 Å². The zero-order valence-corrected chi connectivity index (χ0v) is 25.5. The van der Waals surface area contributed by atoms with Gasteiger partial charge in [-0.25, -0.2) is 0 Å². The van der Waals surface area contributed by atoms with E-state index in [0.717, 1.165) is 84.6 Å². The van der Waals surface area contributed by atoms with E-state index in [4.69, 9.17) is 5.41 Å². The number of rotatable bonds is 18. The van der Waals surface area contributed by atoms with Crippen molar-refractivity contribution in [2.75, 3.05) is 52.4 Å². The van der Waals surface area contributed by atoms with Crippen LogP contribution in [0, 0.1) is 5.41 Å². The number of allylic oxidation sites excluding steroid dienone is 7. The number of hydrogen-bond acceptors (Lipinski definition) is 6. The molecule has 1 aromatic rings. The molecule has 1 atom stereocenters. The maximum Gasteiger partial charge on any atom is 0.0587 e. The van der Waals surface area contributed by atoms with Gasteiger partial charge in [0.1, 0.15) is 0 Å². The third-order valence-corrected chi connectivity index (χ3v) is 8.17. The van der Waals surface area contributed by atoms with Crippen LogP contribution >= 0.6 is 0 Å². The molecule has 2 aliphatic rings. The first-order valence-electron chi connectivity index (χ1n) is 15.6. The molecular weight excluding hydrogens is 506 g/mol. The number of hydrogen-bond donors (Lipinski definition) is 4. The van der Waals surface area contributed by atoms with Gasteiger partial charge in [0, 0.05) is 64.6 Å². The number of benzene rings is 1. The number of nitrogens with zero attached hydrogens (tertiary/aromatic N) is 2. The summed E-state index contributed by atoms with van der Waals surface area (Å²) in [6.45, 7) is 13.3. The molecule has 1 saturated heterocycles. The van der Waals surface area contributed by atoms with E-state index in [0.29, 0.717) is 6.04 Å². The summed E-state index contributed by atoms with van der Waals surface area (Å²) in [4.78, 5) is 4.96. The van der Waals surface area contributed by atoms with Crippen LogP contribution in [0.5, 0.6) is 0 Å². The number of nitrogens with one attached hydrogen (secondary N) is 3. The fourth-order valence-corrected chi connectivity index (χ4v) is 5.48. The van der Waals surface area contributed by atoms with Crippen LogP contribution in [0.15, 0.2) is 83.5 Å². The van der Waals surface area contributed by atoms with Crippen molar-refractivity contribution in [2.24, 2.45) is 0 Å². The Balaban J connectivity index is 1.54. The van der Waals surface area contributed by atoms with Crippen molar-refractivity contribution in [1.82, 2.24) is 20.4 Å². The third kappa shape index (κ3) is 12.4. The van der Waals surface area contributed by atoms with Crippen molar-refractivity contribution in [1.29, 1.82) is 5.41 Å². The Morgan fingerprint density at radius 2 is 1.88 bits per heavy atom. The van der Waals surface area contributed by atoms with Gasteiger partial charge in [-0.3, -0.25) is 9.80 Å². The number of likely N-dealkylation sites (tertiary alicyclic amines) is 1. The predicted octanol–water partition coefficient (Wildman–Crippen LogP) is 5.39. The molecule has 1 aliphatic heterocycles. The second-order valence-corrected chi connectivity index (χ2v) is 11.3. The molecule has 1 aliphatic carbocycles. The van der Waals surface area contributed by atoms with Gasteiger partial charge < -0.3 is 21.1 Å². The van der Waals surface area contributed by atoms with Crippen LogP contribution in [-0.4, -0.2) is 79.6 Å². The van der Waals surface area contributed by atoms with Gasteiger partial charge in [0.15, 0.2) is 0 Å². The van der Waals surface area contributed by atoms with Gasteiger partial charge >= 0.3 is 0 Å².